The highest BCUT2D eigenvalue weighted by molar-refractivity contribution is 6.09. The van der Waals surface area contributed by atoms with Crippen LogP contribution >= 0.6 is 0 Å². The molecule has 3 heterocycles. The minimum atomic E-state index is -1.28. The van der Waals surface area contributed by atoms with Crippen LogP contribution in [-0.4, -0.2) is 72.7 Å². The molecule has 0 bridgehead atoms. The highest BCUT2D eigenvalue weighted by Crippen LogP contribution is 2.36. The maximum Gasteiger partial charge on any atom is 0.325 e. The first-order valence-electron chi connectivity index (χ1n) is 9.75. The van der Waals surface area contributed by atoms with Crippen LogP contribution in [0.1, 0.15) is 26.3 Å². The number of nitrogens with zero attached hydrogens (tertiary/aromatic N) is 2. The molecule has 1 aromatic carbocycles. The number of carbonyl (C=O) groups is 3. The Bertz CT molecular complexity index is 849. The van der Waals surface area contributed by atoms with E-state index < -0.39 is 17.5 Å². The molecule has 3 aliphatic heterocycles. The molecule has 1 aromatic rings. The van der Waals surface area contributed by atoms with E-state index in [-0.39, 0.29) is 24.7 Å². The van der Waals surface area contributed by atoms with E-state index in [0.29, 0.717) is 43.4 Å². The third kappa shape index (κ3) is 3.50. The molecule has 0 aliphatic carbocycles. The standard InChI is InChI=1S/C20H25N3O6/c1-12-9-22(10-13(2)29-12)17(24)11-23-18(25)20(3,21-19(23)26)14-4-5-15-16(8-14)28-7-6-27-15/h4-5,8,12-13H,6-7,9-11H2,1-3H3,(H,21,26)/t12-,13-,20-/m1/s1. The van der Waals surface area contributed by atoms with Gasteiger partial charge in [-0.05, 0) is 38.5 Å². The summed E-state index contributed by atoms with van der Waals surface area (Å²) in [6, 6.07) is 4.56. The molecule has 29 heavy (non-hydrogen) atoms. The molecule has 0 aromatic heterocycles. The van der Waals surface area contributed by atoms with Crippen molar-refractivity contribution in [3.05, 3.63) is 23.8 Å². The summed E-state index contributed by atoms with van der Waals surface area (Å²) in [5.74, 6) is 0.384. The van der Waals surface area contributed by atoms with E-state index in [0.717, 1.165) is 4.90 Å². The molecule has 3 atom stereocenters. The molecule has 0 saturated carbocycles. The number of ether oxygens (including phenoxy) is 3. The lowest BCUT2D eigenvalue weighted by atomic mass is 9.91. The zero-order valence-corrected chi connectivity index (χ0v) is 16.8. The number of imide groups is 1. The second kappa shape index (κ2) is 7.22. The summed E-state index contributed by atoms with van der Waals surface area (Å²) >= 11 is 0. The van der Waals surface area contributed by atoms with Gasteiger partial charge in [-0.15, -0.1) is 0 Å². The Kier molecular flexibility index (Phi) is 4.85. The number of morpholine rings is 1. The van der Waals surface area contributed by atoms with Gasteiger partial charge in [0.1, 0.15) is 25.3 Å². The van der Waals surface area contributed by atoms with Gasteiger partial charge >= 0.3 is 6.03 Å². The Labute approximate surface area is 168 Å². The van der Waals surface area contributed by atoms with Gasteiger partial charge in [0.25, 0.3) is 5.91 Å². The minimum absolute atomic E-state index is 0.0891. The van der Waals surface area contributed by atoms with E-state index >= 15 is 0 Å². The summed E-state index contributed by atoms with van der Waals surface area (Å²) in [5.41, 5.74) is -0.706. The van der Waals surface area contributed by atoms with Gasteiger partial charge in [-0.2, -0.15) is 0 Å². The monoisotopic (exact) mass is 403 g/mol. The van der Waals surface area contributed by atoms with Gasteiger partial charge in [0, 0.05) is 13.1 Å². The summed E-state index contributed by atoms with van der Waals surface area (Å²) in [6.07, 6.45) is -0.178. The highest BCUT2D eigenvalue weighted by Gasteiger charge is 2.50. The first-order valence-corrected chi connectivity index (χ1v) is 9.75. The number of hydrogen-bond acceptors (Lipinski definition) is 6. The zero-order valence-electron chi connectivity index (χ0n) is 16.8. The van der Waals surface area contributed by atoms with Gasteiger partial charge in [-0.1, -0.05) is 6.07 Å². The van der Waals surface area contributed by atoms with Crippen LogP contribution < -0.4 is 14.8 Å². The van der Waals surface area contributed by atoms with Gasteiger partial charge in [-0.25, -0.2) is 4.79 Å². The van der Waals surface area contributed by atoms with Crippen LogP contribution in [0.15, 0.2) is 18.2 Å². The van der Waals surface area contributed by atoms with Gasteiger partial charge in [0.15, 0.2) is 11.5 Å². The third-order valence-corrected chi connectivity index (χ3v) is 5.46. The van der Waals surface area contributed by atoms with Crippen LogP contribution in [0.3, 0.4) is 0 Å². The van der Waals surface area contributed by atoms with E-state index in [1.807, 2.05) is 13.8 Å². The van der Waals surface area contributed by atoms with Crippen molar-refractivity contribution in [1.82, 2.24) is 15.1 Å². The fraction of sp³-hybridized carbons (Fsp3) is 0.550. The van der Waals surface area contributed by atoms with Crippen molar-refractivity contribution >= 4 is 17.8 Å². The molecule has 9 heteroatoms. The molecule has 4 amide bonds. The van der Waals surface area contributed by atoms with Crippen molar-refractivity contribution in [2.75, 3.05) is 32.8 Å². The molecule has 3 aliphatic rings. The largest absolute Gasteiger partial charge is 0.486 e. The molecule has 156 valence electrons. The normalized spacial score (nSPS) is 29.1. The van der Waals surface area contributed by atoms with E-state index in [4.69, 9.17) is 14.2 Å². The number of carbonyl (C=O) groups excluding carboxylic acids is 3. The number of urea groups is 1. The Morgan fingerprint density at radius 2 is 1.79 bits per heavy atom. The van der Waals surface area contributed by atoms with Crippen molar-refractivity contribution < 1.29 is 28.6 Å². The number of benzene rings is 1. The second-order valence-corrected chi connectivity index (χ2v) is 7.86. The van der Waals surface area contributed by atoms with E-state index in [1.54, 1.807) is 30.0 Å². The molecule has 0 unspecified atom stereocenters. The van der Waals surface area contributed by atoms with Gasteiger partial charge in [-0.3, -0.25) is 14.5 Å². The summed E-state index contributed by atoms with van der Waals surface area (Å²) < 4.78 is 16.7. The van der Waals surface area contributed by atoms with Crippen molar-refractivity contribution in [2.24, 2.45) is 0 Å². The number of fused-ring (bicyclic) bond motifs is 1. The lowest BCUT2D eigenvalue weighted by molar-refractivity contribution is -0.146. The fourth-order valence-electron chi connectivity index (χ4n) is 4.01. The third-order valence-electron chi connectivity index (χ3n) is 5.46. The molecule has 1 N–H and O–H groups in total. The van der Waals surface area contributed by atoms with Crippen LogP contribution in [0.25, 0.3) is 0 Å². The minimum Gasteiger partial charge on any atom is -0.486 e. The Morgan fingerprint density at radius 3 is 2.48 bits per heavy atom. The molecular weight excluding hydrogens is 378 g/mol. The zero-order chi connectivity index (χ0) is 20.8. The molecule has 2 fully saturated rings. The van der Waals surface area contributed by atoms with Crippen molar-refractivity contribution in [2.45, 2.75) is 38.5 Å². The number of amides is 4. The molecule has 0 radical (unpaired) electrons. The maximum atomic E-state index is 13.1. The average Bonchev–Trinajstić information content (AvgIpc) is 2.91. The Balaban J connectivity index is 1.52. The molecular formula is C20H25N3O6. The lowest BCUT2D eigenvalue weighted by Crippen LogP contribution is -2.52. The Morgan fingerprint density at radius 1 is 1.14 bits per heavy atom. The summed E-state index contributed by atoms with van der Waals surface area (Å²) in [4.78, 5) is 41.0. The Hall–Kier alpha value is -2.81. The smallest absolute Gasteiger partial charge is 0.325 e. The summed E-state index contributed by atoms with van der Waals surface area (Å²) in [6.45, 7) is 6.87. The lowest BCUT2D eigenvalue weighted by Gasteiger charge is -2.35. The van der Waals surface area contributed by atoms with Crippen molar-refractivity contribution in [3.63, 3.8) is 0 Å². The van der Waals surface area contributed by atoms with Crippen LogP contribution in [0.5, 0.6) is 11.5 Å². The van der Waals surface area contributed by atoms with Gasteiger partial charge in [0.05, 0.1) is 12.2 Å². The van der Waals surface area contributed by atoms with Gasteiger partial charge in [0.2, 0.25) is 5.91 Å². The number of rotatable bonds is 3. The predicted molar refractivity (Wildman–Crippen MR) is 102 cm³/mol. The average molecular weight is 403 g/mol. The topological polar surface area (TPSA) is 97.4 Å². The van der Waals surface area contributed by atoms with E-state index in [2.05, 4.69) is 5.32 Å². The van der Waals surface area contributed by atoms with Crippen LogP contribution in [-0.2, 0) is 19.9 Å². The maximum absolute atomic E-state index is 13.1. The van der Waals surface area contributed by atoms with Gasteiger partial charge < -0.3 is 24.4 Å². The van der Waals surface area contributed by atoms with Crippen LogP contribution in [0, 0.1) is 0 Å². The molecule has 2 saturated heterocycles. The summed E-state index contributed by atoms with van der Waals surface area (Å²) in [5, 5.41) is 2.72. The summed E-state index contributed by atoms with van der Waals surface area (Å²) in [7, 11) is 0. The first-order chi connectivity index (χ1) is 13.8. The first kappa shape index (κ1) is 19.5. The van der Waals surface area contributed by atoms with Crippen molar-refractivity contribution in [1.29, 1.82) is 0 Å². The van der Waals surface area contributed by atoms with Crippen LogP contribution in [0.2, 0.25) is 0 Å². The molecule has 9 nitrogen and oxygen atoms in total. The highest BCUT2D eigenvalue weighted by atomic mass is 16.6. The van der Waals surface area contributed by atoms with Crippen LogP contribution in [0.4, 0.5) is 4.79 Å². The van der Waals surface area contributed by atoms with E-state index in [9.17, 15) is 14.4 Å². The quantitative estimate of drug-likeness (QED) is 0.752. The second-order valence-electron chi connectivity index (χ2n) is 7.86. The van der Waals surface area contributed by atoms with Crippen molar-refractivity contribution in [3.8, 4) is 11.5 Å². The number of nitrogens with one attached hydrogen (secondary N) is 1. The molecule has 4 rings (SSSR count). The van der Waals surface area contributed by atoms with E-state index in [1.165, 1.54) is 0 Å². The SMILES string of the molecule is C[C@@H]1CN(C(=O)CN2C(=O)N[C@](C)(c3ccc4c(c3)OCCO4)C2=O)C[C@@H](C)O1. The number of hydrogen-bond donors (Lipinski definition) is 1. The molecule has 0 spiro atoms. The predicted octanol–water partition coefficient (Wildman–Crippen LogP) is 0.861. The fourth-order valence-corrected chi connectivity index (χ4v) is 4.01.